The number of nitrogens with one attached hydrogen (secondary N) is 1. The largest absolute Gasteiger partial charge is 0.452 e. The number of amides is 1. The fourth-order valence-electron chi connectivity index (χ4n) is 4.46. The lowest BCUT2D eigenvalue weighted by Crippen LogP contribution is -2.42. The lowest BCUT2D eigenvalue weighted by Gasteiger charge is -2.23. The summed E-state index contributed by atoms with van der Waals surface area (Å²) in [7, 11) is 0. The third-order valence-electron chi connectivity index (χ3n) is 6.39. The molecule has 0 saturated heterocycles. The van der Waals surface area contributed by atoms with Gasteiger partial charge in [0.25, 0.3) is 11.5 Å². The molecule has 0 unspecified atom stereocenters. The number of nitrogens with two attached hydrogens (primary N) is 1. The van der Waals surface area contributed by atoms with Gasteiger partial charge in [0.1, 0.15) is 5.82 Å². The molecule has 196 valence electrons. The van der Waals surface area contributed by atoms with Crippen molar-refractivity contribution in [2.75, 3.05) is 23.8 Å². The molecule has 0 bridgehead atoms. The van der Waals surface area contributed by atoms with Crippen LogP contribution in [-0.2, 0) is 22.5 Å². The smallest absolute Gasteiger partial charge is 0.339 e. The number of fused-ring (bicyclic) bond motifs is 1. The van der Waals surface area contributed by atoms with Crippen molar-refractivity contribution in [1.29, 1.82) is 0 Å². The molecule has 2 aromatic heterocycles. The van der Waals surface area contributed by atoms with Gasteiger partial charge < -0.3 is 15.4 Å². The van der Waals surface area contributed by atoms with E-state index in [1.165, 1.54) is 4.57 Å². The van der Waals surface area contributed by atoms with E-state index in [0.29, 0.717) is 28.5 Å². The maximum atomic E-state index is 13.2. The van der Waals surface area contributed by atoms with Crippen LogP contribution in [0.1, 0.15) is 41.0 Å². The van der Waals surface area contributed by atoms with Crippen LogP contribution in [0.25, 0.3) is 10.9 Å². The summed E-state index contributed by atoms with van der Waals surface area (Å²) in [6, 6.07) is 16.3. The van der Waals surface area contributed by atoms with E-state index in [-0.39, 0.29) is 24.6 Å². The number of nitrogens with zero attached hydrogens (tertiary/aromatic N) is 3. The van der Waals surface area contributed by atoms with Gasteiger partial charge in [-0.2, -0.15) is 0 Å². The van der Waals surface area contributed by atoms with Crippen LogP contribution in [0.5, 0.6) is 0 Å². The Morgan fingerprint density at radius 1 is 1.05 bits per heavy atom. The van der Waals surface area contributed by atoms with E-state index in [1.807, 2.05) is 49.4 Å². The Morgan fingerprint density at radius 2 is 1.74 bits per heavy atom. The van der Waals surface area contributed by atoms with Gasteiger partial charge in [0.15, 0.2) is 12.3 Å². The third-order valence-corrected chi connectivity index (χ3v) is 6.39. The Kier molecular flexibility index (Phi) is 7.71. The van der Waals surface area contributed by atoms with Gasteiger partial charge in [-0.3, -0.25) is 24.1 Å². The number of H-pyrrole nitrogens is 1. The summed E-state index contributed by atoms with van der Waals surface area (Å²) in [5.74, 6) is -1.49. The normalized spacial score (nSPS) is 10.9. The summed E-state index contributed by atoms with van der Waals surface area (Å²) in [6.07, 6.45) is 0.625. The molecule has 0 spiro atoms. The molecule has 0 saturated carbocycles. The zero-order chi connectivity index (χ0) is 27.4. The van der Waals surface area contributed by atoms with E-state index in [9.17, 15) is 19.2 Å². The molecule has 0 atom stereocenters. The minimum atomic E-state index is -0.804. The molecule has 0 aliphatic carbocycles. The van der Waals surface area contributed by atoms with E-state index < -0.39 is 29.7 Å². The average molecular weight is 516 g/mol. The molecule has 10 heteroatoms. The molecule has 4 aromatic rings. The van der Waals surface area contributed by atoms with Gasteiger partial charge in [0.05, 0.1) is 17.6 Å². The molecule has 3 N–H and O–H groups in total. The quantitative estimate of drug-likeness (QED) is 0.344. The van der Waals surface area contributed by atoms with Crippen LogP contribution in [0.2, 0.25) is 0 Å². The van der Waals surface area contributed by atoms with Gasteiger partial charge in [0, 0.05) is 17.6 Å². The van der Waals surface area contributed by atoms with Gasteiger partial charge in [-0.05, 0) is 37.5 Å². The number of pyridine rings is 1. The first-order valence-corrected chi connectivity index (χ1v) is 12.3. The first-order valence-electron chi connectivity index (χ1n) is 12.3. The standard InChI is InChI=1S/C28H29N5O5/c1-4-20-17(3)23(19-13-9-10-14-21(19)30-20)27(36)38-16-22(34)32(5-2)24-25(29)33(28(37)31-26(24)35)15-18-11-7-6-8-12-18/h6-14H,4-5,15-16,29H2,1-3H3,(H,31,35,37). The van der Waals surface area contributed by atoms with Crippen molar-refractivity contribution in [2.45, 2.75) is 33.7 Å². The second-order valence-corrected chi connectivity index (χ2v) is 8.71. The summed E-state index contributed by atoms with van der Waals surface area (Å²) in [4.78, 5) is 59.6. The molecule has 2 aromatic carbocycles. The van der Waals surface area contributed by atoms with Crippen LogP contribution >= 0.6 is 0 Å². The van der Waals surface area contributed by atoms with E-state index in [4.69, 9.17) is 10.5 Å². The highest BCUT2D eigenvalue weighted by Gasteiger charge is 2.25. The Morgan fingerprint density at radius 3 is 2.42 bits per heavy atom. The number of likely N-dealkylation sites (N-methyl/N-ethyl adjacent to an activating group) is 1. The van der Waals surface area contributed by atoms with E-state index in [0.717, 1.165) is 16.2 Å². The van der Waals surface area contributed by atoms with Crippen LogP contribution in [0.15, 0.2) is 64.2 Å². The maximum Gasteiger partial charge on any atom is 0.339 e. The molecule has 4 rings (SSSR count). The molecule has 0 radical (unpaired) electrons. The van der Waals surface area contributed by atoms with Crippen LogP contribution in [0.3, 0.4) is 0 Å². The second kappa shape index (κ2) is 11.1. The number of aromatic nitrogens is 3. The van der Waals surface area contributed by atoms with Crippen molar-refractivity contribution in [3.05, 3.63) is 97.8 Å². The molecule has 0 aliphatic heterocycles. The highest BCUT2D eigenvalue weighted by molar-refractivity contribution is 6.06. The number of rotatable bonds is 8. The van der Waals surface area contributed by atoms with E-state index in [1.54, 1.807) is 26.0 Å². The summed E-state index contributed by atoms with van der Waals surface area (Å²) in [5, 5.41) is 0.626. The van der Waals surface area contributed by atoms with Crippen molar-refractivity contribution in [1.82, 2.24) is 14.5 Å². The van der Waals surface area contributed by atoms with Gasteiger partial charge in [0.2, 0.25) is 0 Å². The SMILES string of the molecule is CCc1nc2ccccc2c(C(=O)OCC(=O)N(CC)c2c(N)n(Cc3ccccc3)c(=O)[nH]c2=O)c1C. The lowest BCUT2D eigenvalue weighted by atomic mass is 10.0. The van der Waals surface area contributed by atoms with Crippen LogP contribution in [0, 0.1) is 6.92 Å². The number of anilines is 2. The van der Waals surface area contributed by atoms with Crippen LogP contribution in [-0.4, -0.2) is 39.6 Å². The van der Waals surface area contributed by atoms with Crippen LogP contribution < -0.4 is 21.9 Å². The Labute approximate surface area is 218 Å². The number of aromatic amines is 1. The highest BCUT2D eigenvalue weighted by atomic mass is 16.5. The zero-order valence-electron chi connectivity index (χ0n) is 21.5. The summed E-state index contributed by atoms with van der Waals surface area (Å²) >= 11 is 0. The summed E-state index contributed by atoms with van der Waals surface area (Å²) in [6.45, 7) is 4.93. The van der Waals surface area contributed by atoms with Gasteiger partial charge in [-0.15, -0.1) is 0 Å². The number of benzene rings is 2. The molecule has 0 fully saturated rings. The molecule has 10 nitrogen and oxygen atoms in total. The fraction of sp³-hybridized carbons (Fsp3) is 0.250. The zero-order valence-corrected chi connectivity index (χ0v) is 21.5. The van der Waals surface area contributed by atoms with Gasteiger partial charge >= 0.3 is 11.7 Å². The van der Waals surface area contributed by atoms with Crippen LogP contribution in [0.4, 0.5) is 11.5 Å². The average Bonchev–Trinajstić information content (AvgIpc) is 2.92. The predicted molar refractivity (Wildman–Crippen MR) is 145 cm³/mol. The molecular formula is C28H29N5O5. The Bertz CT molecular complexity index is 1620. The molecular weight excluding hydrogens is 486 g/mol. The first-order chi connectivity index (χ1) is 18.3. The van der Waals surface area contributed by atoms with Crippen molar-refractivity contribution < 1.29 is 14.3 Å². The number of para-hydroxylation sites is 1. The predicted octanol–water partition coefficient (Wildman–Crippen LogP) is 2.80. The minimum Gasteiger partial charge on any atom is -0.452 e. The fourth-order valence-corrected chi connectivity index (χ4v) is 4.46. The minimum absolute atomic E-state index is 0.0599. The Hall–Kier alpha value is -4.73. The molecule has 2 heterocycles. The Balaban J connectivity index is 1.62. The number of esters is 1. The number of hydrogen-bond acceptors (Lipinski definition) is 7. The number of carbonyl (C=O) groups is 2. The highest BCUT2D eigenvalue weighted by Crippen LogP contribution is 2.25. The topological polar surface area (TPSA) is 140 Å². The molecule has 0 aliphatic rings. The summed E-state index contributed by atoms with van der Waals surface area (Å²) < 4.78 is 6.62. The molecule has 38 heavy (non-hydrogen) atoms. The van der Waals surface area contributed by atoms with Crippen molar-refractivity contribution in [2.24, 2.45) is 0 Å². The van der Waals surface area contributed by atoms with Gasteiger partial charge in [-0.1, -0.05) is 55.5 Å². The number of hydrogen-bond donors (Lipinski definition) is 2. The molecule has 1 amide bonds. The van der Waals surface area contributed by atoms with Crippen molar-refractivity contribution >= 4 is 34.3 Å². The van der Waals surface area contributed by atoms with Crippen molar-refractivity contribution in [3.8, 4) is 0 Å². The monoisotopic (exact) mass is 515 g/mol. The first kappa shape index (κ1) is 26.3. The lowest BCUT2D eigenvalue weighted by molar-refractivity contribution is -0.121. The number of carbonyl (C=O) groups excluding carboxylic acids is 2. The van der Waals surface area contributed by atoms with E-state index >= 15 is 0 Å². The maximum absolute atomic E-state index is 13.2. The second-order valence-electron chi connectivity index (χ2n) is 8.71. The van der Waals surface area contributed by atoms with Crippen molar-refractivity contribution in [3.63, 3.8) is 0 Å². The van der Waals surface area contributed by atoms with Gasteiger partial charge in [-0.25, -0.2) is 9.59 Å². The third kappa shape index (κ3) is 5.06. The number of ether oxygens (including phenoxy) is 1. The number of aryl methyl sites for hydroxylation is 1. The van der Waals surface area contributed by atoms with E-state index in [2.05, 4.69) is 9.97 Å². The summed E-state index contributed by atoms with van der Waals surface area (Å²) in [5.41, 5.74) is 7.80. The number of nitrogen functional groups attached to an aromatic ring is 1.